The third-order valence-corrected chi connectivity index (χ3v) is 4.14. The highest BCUT2D eigenvalue weighted by molar-refractivity contribution is 5.80. The smallest absolute Gasteiger partial charge is 0.250 e. The fraction of sp³-hybridized carbons (Fsp3) is 0.261. The molecule has 0 saturated carbocycles. The van der Waals surface area contributed by atoms with E-state index in [1.165, 1.54) is 0 Å². The summed E-state index contributed by atoms with van der Waals surface area (Å²) in [7, 11) is 1.59. The van der Waals surface area contributed by atoms with Crippen molar-refractivity contribution in [2.24, 2.45) is 10.9 Å². The van der Waals surface area contributed by atoms with Gasteiger partial charge in [0.15, 0.2) is 0 Å². The highest BCUT2D eigenvalue weighted by Gasteiger charge is 2.09. The van der Waals surface area contributed by atoms with Crippen molar-refractivity contribution in [1.29, 1.82) is 0 Å². The first-order valence-corrected chi connectivity index (χ1v) is 9.54. The molecule has 1 heterocycles. The van der Waals surface area contributed by atoms with E-state index in [9.17, 15) is 4.79 Å². The fourth-order valence-electron chi connectivity index (χ4n) is 2.77. The number of rotatable bonds is 7. The number of benzene rings is 2. The molecular weight excluding hydrogens is 366 g/mol. The second-order valence-corrected chi connectivity index (χ2v) is 7.00. The average Bonchev–Trinajstić information content (AvgIpc) is 2.73. The Labute approximate surface area is 170 Å². The molecule has 0 aliphatic rings. The van der Waals surface area contributed by atoms with Crippen molar-refractivity contribution in [1.82, 2.24) is 9.78 Å². The normalized spacial score (nSPS) is 11.5. The number of para-hydroxylation sites is 2. The number of amides is 1. The summed E-state index contributed by atoms with van der Waals surface area (Å²) in [5.74, 6) is 1.29. The van der Waals surface area contributed by atoms with E-state index >= 15 is 0 Å². The van der Waals surface area contributed by atoms with Crippen LogP contribution in [0, 0.1) is 5.92 Å². The Bertz CT molecular complexity index is 1030. The maximum absolute atomic E-state index is 12.5. The highest BCUT2D eigenvalue weighted by Crippen LogP contribution is 2.18. The van der Waals surface area contributed by atoms with E-state index in [0.29, 0.717) is 29.5 Å². The van der Waals surface area contributed by atoms with Crippen molar-refractivity contribution in [3.8, 4) is 17.3 Å². The molecule has 0 N–H and O–H groups in total. The molecule has 150 valence electrons. The molecule has 6 nitrogen and oxygen atoms in total. The molecular formula is C23H25N3O3. The Morgan fingerprint density at radius 2 is 1.83 bits per heavy atom. The molecule has 1 aromatic heterocycles. The lowest BCUT2D eigenvalue weighted by atomic mass is 10.1. The maximum atomic E-state index is 12.5. The highest BCUT2D eigenvalue weighted by atomic mass is 16.5. The molecule has 0 spiro atoms. The Morgan fingerprint density at radius 3 is 2.55 bits per heavy atom. The number of methoxy groups -OCH3 is 1. The van der Waals surface area contributed by atoms with E-state index in [0.717, 1.165) is 11.3 Å². The summed E-state index contributed by atoms with van der Waals surface area (Å²) < 4.78 is 12.9. The van der Waals surface area contributed by atoms with Gasteiger partial charge in [0, 0.05) is 11.6 Å². The van der Waals surface area contributed by atoms with Crippen LogP contribution in [0.4, 0.5) is 0 Å². The number of hydrogen-bond acceptors (Lipinski definition) is 4. The minimum absolute atomic E-state index is 0.153. The Kier molecular flexibility index (Phi) is 6.79. The number of aromatic nitrogens is 2. The minimum Gasteiger partial charge on any atom is -0.496 e. The molecule has 1 amide bonds. The molecule has 2 aromatic carbocycles. The topological polar surface area (TPSA) is 65.7 Å². The number of nitrogens with zero attached hydrogens (tertiary/aromatic N) is 3. The van der Waals surface area contributed by atoms with Gasteiger partial charge < -0.3 is 9.47 Å². The van der Waals surface area contributed by atoms with E-state index < -0.39 is 0 Å². The zero-order valence-electron chi connectivity index (χ0n) is 16.9. The van der Waals surface area contributed by atoms with Crippen LogP contribution in [0.15, 0.2) is 71.9 Å². The predicted molar refractivity (Wildman–Crippen MR) is 111 cm³/mol. The SMILES string of the molecule is COc1ccccc1CC(=O)/N=c1\cnn(-c2ccccc2)c(OCC(C)C)c1. The summed E-state index contributed by atoms with van der Waals surface area (Å²) in [6, 6.07) is 18.9. The van der Waals surface area contributed by atoms with Crippen molar-refractivity contribution in [2.45, 2.75) is 20.3 Å². The molecule has 0 atom stereocenters. The number of carbonyl (C=O) groups is 1. The van der Waals surface area contributed by atoms with Gasteiger partial charge in [-0.25, -0.2) is 9.67 Å². The fourth-order valence-corrected chi connectivity index (χ4v) is 2.77. The average molecular weight is 391 g/mol. The second kappa shape index (κ2) is 9.68. The van der Waals surface area contributed by atoms with Gasteiger partial charge in [0.05, 0.1) is 37.4 Å². The van der Waals surface area contributed by atoms with Crippen LogP contribution < -0.4 is 14.8 Å². The summed E-state index contributed by atoms with van der Waals surface area (Å²) in [6.07, 6.45) is 1.72. The van der Waals surface area contributed by atoms with Crippen LogP contribution in [0.2, 0.25) is 0 Å². The quantitative estimate of drug-likeness (QED) is 0.617. The number of carbonyl (C=O) groups excluding carboxylic acids is 1. The summed E-state index contributed by atoms with van der Waals surface area (Å²) in [4.78, 5) is 16.7. The third kappa shape index (κ3) is 5.54. The molecule has 3 aromatic rings. The molecule has 0 aliphatic carbocycles. The van der Waals surface area contributed by atoms with Gasteiger partial charge in [-0.15, -0.1) is 0 Å². The van der Waals surface area contributed by atoms with Crippen LogP contribution in [0.3, 0.4) is 0 Å². The third-order valence-electron chi connectivity index (χ3n) is 4.14. The molecule has 0 radical (unpaired) electrons. The van der Waals surface area contributed by atoms with Crippen LogP contribution in [-0.4, -0.2) is 29.4 Å². The molecule has 29 heavy (non-hydrogen) atoms. The van der Waals surface area contributed by atoms with Crippen molar-refractivity contribution in [3.63, 3.8) is 0 Å². The zero-order valence-corrected chi connectivity index (χ0v) is 16.9. The van der Waals surface area contributed by atoms with Gasteiger partial charge in [0.2, 0.25) is 5.88 Å². The largest absolute Gasteiger partial charge is 0.496 e. The van der Waals surface area contributed by atoms with Gasteiger partial charge in [-0.1, -0.05) is 50.2 Å². The molecule has 0 fully saturated rings. The van der Waals surface area contributed by atoms with Crippen LogP contribution in [0.5, 0.6) is 11.6 Å². The maximum Gasteiger partial charge on any atom is 0.250 e. The summed E-state index contributed by atoms with van der Waals surface area (Å²) in [5, 5.41) is 4.90. The predicted octanol–water partition coefficient (Wildman–Crippen LogP) is 3.59. The van der Waals surface area contributed by atoms with Crippen LogP contribution in [-0.2, 0) is 11.2 Å². The first-order valence-electron chi connectivity index (χ1n) is 9.54. The monoisotopic (exact) mass is 391 g/mol. The zero-order chi connectivity index (χ0) is 20.6. The van der Waals surface area contributed by atoms with Gasteiger partial charge in [-0.3, -0.25) is 4.79 Å². The van der Waals surface area contributed by atoms with E-state index in [-0.39, 0.29) is 12.3 Å². The van der Waals surface area contributed by atoms with Gasteiger partial charge >= 0.3 is 0 Å². The number of ether oxygens (including phenoxy) is 2. The van der Waals surface area contributed by atoms with Gasteiger partial charge in [-0.05, 0) is 24.1 Å². The molecule has 6 heteroatoms. The van der Waals surface area contributed by atoms with E-state index in [4.69, 9.17) is 9.47 Å². The van der Waals surface area contributed by atoms with Crippen LogP contribution in [0.1, 0.15) is 19.4 Å². The van der Waals surface area contributed by atoms with Gasteiger partial charge in [-0.2, -0.15) is 5.10 Å². The summed E-state index contributed by atoms with van der Waals surface area (Å²) in [5.41, 5.74) is 1.67. The van der Waals surface area contributed by atoms with Gasteiger partial charge in [0.1, 0.15) is 5.75 Å². The molecule has 0 unspecified atom stereocenters. The summed E-state index contributed by atoms with van der Waals surface area (Å²) in [6.45, 7) is 4.68. The molecule has 0 bridgehead atoms. The molecule has 0 aliphatic heterocycles. The Balaban J connectivity index is 1.90. The lowest BCUT2D eigenvalue weighted by Crippen LogP contribution is -2.17. The van der Waals surface area contributed by atoms with Crippen LogP contribution >= 0.6 is 0 Å². The lowest BCUT2D eigenvalue weighted by molar-refractivity contribution is -0.117. The van der Waals surface area contributed by atoms with Crippen molar-refractivity contribution in [2.75, 3.05) is 13.7 Å². The first-order chi connectivity index (χ1) is 14.1. The standard InChI is InChI=1S/C23H25N3O3/c1-17(2)16-29-23-14-19(15-24-26(23)20-10-5-4-6-11-20)25-22(27)13-18-9-7-8-12-21(18)28-3/h4-12,14-15,17H,13,16H2,1-3H3/b25-19-. The lowest BCUT2D eigenvalue weighted by Gasteiger charge is -2.14. The van der Waals surface area contributed by atoms with Crippen molar-refractivity contribution >= 4 is 5.91 Å². The van der Waals surface area contributed by atoms with E-state index in [2.05, 4.69) is 23.9 Å². The molecule has 0 saturated heterocycles. The Morgan fingerprint density at radius 1 is 1.10 bits per heavy atom. The van der Waals surface area contributed by atoms with Crippen molar-refractivity contribution in [3.05, 3.63) is 77.8 Å². The van der Waals surface area contributed by atoms with E-state index in [1.807, 2.05) is 54.6 Å². The minimum atomic E-state index is -0.274. The Hall–Kier alpha value is -3.41. The van der Waals surface area contributed by atoms with Crippen molar-refractivity contribution < 1.29 is 14.3 Å². The second-order valence-electron chi connectivity index (χ2n) is 7.00. The van der Waals surface area contributed by atoms with Gasteiger partial charge in [0.25, 0.3) is 5.91 Å². The summed E-state index contributed by atoms with van der Waals surface area (Å²) >= 11 is 0. The first kappa shape index (κ1) is 20.3. The van der Waals surface area contributed by atoms with E-state index in [1.54, 1.807) is 24.1 Å². The van der Waals surface area contributed by atoms with Crippen LogP contribution in [0.25, 0.3) is 5.69 Å². The number of hydrogen-bond donors (Lipinski definition) is 0. The molecule has 3 rings (SSSR count).